The number of rotatable bonds is 5. The van der Waals surface area contributed by atoms with Crippen molar-refractivity contribution in [1.82, 2.24) is 0 Å². The highest BCUT2D eigenvalue weighted by Gasteiger charge is 2.17. The van der Waals surface area contributed by atoms with Crippen molar-refractivity contribution in [2.24, 2.45) is 5.14 Å². The molecule has 0 radical (unpaired) electrons. The van der Waals surface area contributed by atoms with Crippen molar-refractivity contribution in [3.63, 3.8) is 0 Å². The first-order valence-corrected chi connectivity index (χ1v) is 6.82. The minimum Gasteiger partial charge on any atom is -0.380 e. The van der Waals surface area contributed by atoms with E-state index in [1.165, 1.54) is 12.1 Å². The molecule has 0 saturated heterocycles. The van der Waals surface area contributed by atoms with Gasteiger partial charge >= 0.3 is 0 Å². The summed E-state index contributed by atoms with van der Waals surface area (Å²) in [5.74, 6) is -0.673. The van der Waals surface area contributed by atoms with E-state index in [4.69, 9.17) is 9.88 Å². The zero-order valence-corrected chi connectivity index (χ0v) is 11.3. The van der Waals surface area contributed by atoms with Gasteiger partial charge in [0.05, 0.1) is 16.2 Å². The number of sulfonamides is 1. The maximum Gasteiger partial charge on any atom is 0.238 e. The van der Waals surface area contributed by atoms with Crippen molar-refractivity contribution >= 4 is 15.7 Å². The lowest BCUT2D eigenvalue weighted by Gasteiger charge is -2.23. The number of halogens is 1. The van der Waals surface area contributed by atoms with E-state index in [0.717, 1.165) is 6.07 Å². The Hall–Kier alpha value is -1.18. The van der Waals surface area contributed by atoms with Gasteiger partial charge in [-0.1, -0.05) is 0 Å². The first-order chi connectivity index (χ1) is 8.15. The molecule has 0 aliphatic rings. The van der Waals surface area contributed by atoms with E-state index in [0.29, 0.717) is 6.54 Å². The third-order valence-electron chi connectivity index (χ3n) is 2.53. The van der Waals surface area contributed by atoms with Gasteiger partial charge in [0.15, 0.2) is 0 Å². The lowest BCUT2D eigenvalue weighted by molar-refractivity contribution is 0.0343. The van der Waals surface area contributed by atoms with E-state index < -0.39 is 21.4 Å². The van der Waals surface area contributed by atoms with Crippen molar-refractivity contribution in [2.75, 3.05) is 19.0 Å². The Morgan fingerprint density at radius 2 is 2.06 bits per heavy atom. The quantitative estimate of drug-likeness (QED) is 0.849. The smallest absolute Gasteiger partial charge is 0.238 e. The monoisotopic (exact) mass is 276 g/mol. The number of hydrogen-bond donors (Lipinski definition) is 2. The summed E-state index contributed by atoms with van der Waals surface area (Å²) in [6.45, 7) is 4.07. The maximum absolute atomic E-state index is 13.6. The molecule has 7 heteroatoms. The highest BCUT2D eigenvalue weighted by Crippen LogP contribution is 2.19. The van der Waals surface area contributed by atoms with Crippen LogP contribution in [0.5, 0.6) is 0 Å². The van der Waals surface area contributed by atoms with Gasteiger partial charge in [-0.3, -0.25) is 0 Å². The summed E-state index contributed by atoms with van der Waals surface area (Å²) in [5.41, 5.74) is -0.252. The van der Waals surface area contributed by atoms with E-state index in [2.05, 4.69) is 5.32 Å². The maximum atomic E-state index is 13.6. The van der Waals surface area contributed by atoms with Crippen molar-refractivity contribution in [1.29, 1.82) is 0 Å². The molecule has 0 atom stereocenters. The lowest BCUT2D eigenvalue weighted by Crippen LogP contribution is -2.32. The van der Waals surface area contributed by atoms with E-state index in [1.54, 1.807) is 7.11 Å². The van der Waals surface area contributed by atoms with Gasteiger partial charge in [0.2, 0.25) is 10.0 Å². The number of hydrogen-bond acceptors (Lipinski definition) is 4. The third kappa shape index (κ3) is 3.94. The van der Waals surface area contributed by atoms with Gasteiger partial charge in [-0.15, -0.1) is 0 Å². The summed E-state index contributed by atoms with van der Waals surface area (Å²) in [6.07, 6.45) is 0. The van der Waals surface area contributed by atoms with Crippen LogP contribution < -0.4 is 10.5 Å². The summed E-state index contributed by atoms with van der Waals surface area (Å²) >= 11 is 0. The van der Waals surface area contributed by atoms with Crippen molar-refractivity contribution < 1.29 is 17.5 Å². The number of primary sulfonamides is 1. The standard InChI is InChI=1S/C11H17FN2O3S/c1-11(2,17-3)7-14-10-5-4-8(6-9(10)12)18(13,15)16/h4-6,14H,7H2,1-3H3,(H2,13,15,16). The summed E-state index contributed by atoms with van der Waals surface area (Å²) in [5, 5.41) is 7.75. The molecule has 0 spiro atoms. The van der Waals surface area contributed by atoms with Gasteiger partial charge in [-0.2, -0.15) is 0 Å². The SMILES string of the molecule is COC(C)(C)CNc1ccc(S(N)(=O)=O)cc1F. The second-order valence-corrected chi connectivity index (χ2v) is 6.07. The average Bonchev–Trinajstić information content (AvgIpc) is 2.26. The van der Waals surface area contributed by atoms with Crippen LogP contribution in [-0.4, -0.2) is 27.7 Å². The fourth-order valence-corrected chi connectivity index (χ4v) is 1.72. The minimum atomic E-state index is -3.88. The molecule has 3 N–H and O–H groups in total. The number of methoxy groups -OCH3 is 1. The zero-order valence-electron chi connectivity index (χ0n) is 10.5. The molecular formula is C11H17FN2O3S. The molecule has 5 nitrogen and oxygen atoms in total. The molecule has 102 valence electrons. The number of benzene rings is 1. The second kappa shape index (κ2) is 5.21. The number of nitrogens with one attached hydrogen (secondary N) is 1. The Labute approximate surface area is 106 Å². The molecule has 0 aliphatic heterocycles. The van der Waals surface area contributed by atoms with Crippen LogP contribution in [0.2, 0.25) is 0 Å². The molecule has 0 saturated carbocycles. The van der Waals surface area contributed by atoms with E-state index in [1.807, 2.05) is 13.8 Å². The molecule has 1 aromatic rings. The van der Waals surface area contributed by atoms with Crippen LogP contribution in [0.3, 0.4) is 0 Å². The predicted molar refractivity (Wildman–Crippen MR) is 67.4 cm³/mol. The molecule has 0 bridgehead atoms. The van der Waals surface area contributed by atoms with Crippen LogP contribution in [0, 0.1) is 5.82 Å². The molecule has 0 unspecified atom stereocenters. The van der Waals surface area contributed by atoms with E-state index >= 15 is 0 Å². The normalized spacial score (nSPS) is 12.5. The fourth-order valence-electron chi connectivity index (χ4n) is 1.20. The number of nitrogens with two attached hydrogens (primary N) is 1. The Kier molecular flexibility index (Phi) is 4.31. The molecule has 0 aromatic heterocycles. The largest absolute Gasteiger partial charge is 0.380 e. The molecule has 1 rings (SSSR count). The Morgan fingerprint density at radius 1 is 1.44 bits per heavy atom. The van der Waals surface area contributed by atoms with Gasteiger partial charge in [-0.25, -0.2) is 17.9 Å². The first kappa shape index (κ1) is 14.9. The molecule has 0 heterocycles. The second-order valence-electron chi connectivity index (χ2n) is 4.50. The van der Waals surface area contributed by atoms with Crippen molar-refractivity contribution in [3.05, 3.63) is 24.0 Å². The first-order valence-electron chi connectivity index (χ1n) is 5.27. The zero-order chi connectivity index (χ0) is 14.0. The van der Waals surface area contributed by atoms with Crippen LogP contribution in [-0.2, 0) is 14.8 Å². The van der Waals surface area contributed by atoms with Crippen LogP contribution >= 0.6 is 0 Å². The summed E-state index contributed by atoms with van der Waals surface area (Å²) in [7, 11) is -2.32. The highest BCUT2D eigenvalue weighted by molar-refractivity contribution is 7.89. The van der Waals surface area contributed by atoms with Gasteiger partial charge in [0.1, 0.15) is 5.82 Å². The van der Waals surface area contributed by atoms with E-state index in [9.17, 15) is 12.8 Å². The van der Waals surface area contributed by atoms with Gasteiger partial charge in [0, 0.05) is 13.7 Å². The number of ether oxygens (including phenoxy) is 1. The molecule has 0 fully saturated rings. The van der Waals surface area contributed by atoms with E-state index in [-0.39, 0.29) is 10.6 Å². The Morgan fingerprint density at radius 3 is 2.50 bits per heavy atom. The summed E-state index contributed by atoms with van der Waals surface area (Å²) < 4.78 is 40.9. The molecule has 1 aromatic carbocycles. The molecule has 0 aliphatic carbocycles. The van der Waals surface area contributed by atoms with Crippen LogP contribution in [0.25, 0.3) is 0 Å². The van der Waals surface area contributed by atoms with Gasteiger partial charge in [0.25, 0.3) is 0 Å². The van der Waals surface area contributed by atoms with Crippen molar-refractivity contribution in [3.8, 4) is 0 Å². The lowest BCUT2D eigenvalue weighted by atomic mass is 10.1. The molecular weight excluding hydrogens is 259 g/mol. The van der Waals surface area contributed by atoms with Gasteiger partial charge in [-0.05, 0) is 32.0 Å². The van der Waals surface area contributed by atoms with Crippen LogP contribution in [0.1, 0.15) is 13.8 Å². The third-order valence-corrected chi connectivity index (χ3v) is 3.44. The predicted octanol–water partition coefficient (Wildman–Crippen LogP) is 1.31. The highest BCUT2D eigenvalue weighted by atomic mass is 32.2. The minimum absolute atomic E-state index is 0.201. The summed E-state index contributed by atoms with van der Waals surface area (Å²) in [4.78, 5) is -0.253. The van der Waals surface area contributed by atoms with Crippen LogP contribution in [0.15, 0.2) is 23.1 Å². The van der Waals surface area contributed by atoms with Crippen LogP contribution in [0.4, 0.5) is 10.1 Å². The fraction of sp³-hybridized carbons (Fsp3) is 0.455. The van der Waals surface area contributed by atoms with Crippen molar-refractivity contribution in [2.45, 2.75) is 24.3 Å². The van der Waals surface area contributed by atoms with Gasteiger partial charge < -0.3 is 10.1 Å². The molecule has 18 heavy (non-hydrogen) atoms. The molecule has 0 amide bonds. The summed E-state index contributed by atoms with van der Waals surface area (Å²) in [6, 6.07) is 3.47. The Bertz CT molecular complexity index is 529. The number of anilines is 1. The average molecular weight is 276 g/mol. The topological polar surface area (TPSA) is 81.4 Å². The Balaban J connectivity index is 2.88.